The molecule has 1 atom stereocenters. The van der Waals surface area contributed by atoms with E-state index in [1.54, 1.807) is 0 Å². The fraction of sp³-hybridized carbons (Fsp3) is 0.364. The van der Waals surface area contributed by atoms with Crippen molar-refractivity contribution >= 4 is 21.8 Å². The second kappa shape index (κ2) is 4.13. The molecule has 1 aromatic rings. The lowest BCUT2D eigenvalue weighted by molar-refractivity contribution is -0.123. The molecule has 2 nitrogen and oxygen atoms in total. The summed E-state index contributed by atoms with van der Waals surface area (Å²) in [4.78, 5) is 11.2. The molecular formula is C11H12BrNO. The minimum Gasteiger partial charge on any atom is -0.349 e. The zero-order chi connectivity index (χ0) is 9.97. The van der Waals surface area contributed by atoms with Crippen molar-refractivity contribution in [2.24, 2.45) is 0 Å². The summed E-state index contributed by atoms with van der Waals surface area (Å²) in [6.07, 6.45) is 2.70. The molecule has 2 rings (SSSR count). The number of amides is 1. The SMILES string of the molecule is O=C1CCCC(c2cccc(Br)c2)N1. The molecule has 1 heterocycles. The number of nitrogens with one attached hydrogen (secondary N) is 1. The van der Waals surface area contributed by atoms with Crippen molar-refractivity contribution in [2.75, 3.05) is 0 Å². The molecule has 1 aliphatic heterocycles. The minimum absolute atomic E-state index is 0.168. The molecule has 14 heavy (non-hydrogen) atoms. The fourth-order valence-corrected chi connectivity index (χ4v) is 2.20. The summed E-state index contributed by atoms with van der Waals surface area (Å²) in [7, 11) is 0. The Morgan fingerprint density at radius 3 is 3.00 bits per heavy atom. The second-order valence-corrected chi connectivity index (χ2v) is 4.48. The van der Waals surface area contributed by atoms with E-state index in [9.17, 15) is 4.79 Å². The van der Waals surface area contributed by atoms with Gasteiger partial charge in [-0.2, -0.15) is 0 Å². The monoisotopic (exact) mass is 253 g/mol. The summed E-state index contributed by atoms with van der Waals surface area (Å²) < 4.78 is 1.06. The van der Waals surface area contributed by atoms with Crippen molar-refractivity contribution in [1.82, 2.24) is 5.32 Å². The number of halogens is 1. The van der Waals surface area contributed by atoms with Gasteiger partial charge in [-0.1, -0.05) is 28.1 Å². The first-order chi connectivity index (χ1) is 6.75. The molecular weight excluding hydrogens is 242 g/mol. The lowest BCUT2D eigenvalue weighted by Crippen LogP contribution is -2.32. The van der Waals surface area contributed by atoms with Crippen molar-refractivity contribution in [1.29, 1.82) is 0 Å². The summed E-state index contributed by atoms with van der Waals surface area (Å²) in [6.45, 7) is 0. The highest BCUT2D eigenvalue weighted by atomic mass is 79.9. The number of benzene rings is 1. The van der Waals surface area contributed by atoms with E-state index >= 15 is 0 Å². The van der Waals surface area contributed by atoms with Crippen LogP contribution in [0.1, 0.15) is 30.9 Å². The van der Waals surface area contributed by atoms with Crippen LogP contribution in [0.25, 0.3) is 0 Å². The van der Waals surface area contributed by atoms with Crippen LogP contribution in [0.4, 0.5) is 0 Å². The zero-order valence-electron chi connectivity index (χ0n) is 7.79. The van der Waals surface area contributed by atoms with Gasteiger partial charge in [0, 0.05) is 10.9 Å². The number of hydrogen-bond acceptors (Lipinski definition) is 1. The van der Waals surface area contributed by atoms with Gasteiger partial charge in [0.25, 0.3) is 0 Å². The predicted octanol–water partition coefficient (Wildman–Crippen LogP) is 2.79. The van der Waals surface area contributed by atoms with Crippen molar-refractivity contribution in [2.45, 2.75) is 25.3 Å². The minimum atomic E-state index is 0.168. The third-order valence-corrected chi connectivity index (χ3v) is 2.98. The van der Waals surface area contributed by atoms with Gasteiger partial charge >= 0.3 is 0 Å². The number of hydrogen-bond donors (Lipinski definition) is 1. The Balaban J connectivity index is 2.17. The second-order valence-electron chi connectivity index (χ2n) is 3.57. The Hall–Kier alpha value is -0.830. The van der Waals surface area contributed by atoms with E-state index in [0.29, 0.717) is 6.42 Å². The van der Waals surface area contributed by atoms with Gasteiger partial charge in [-0.25, -0.2) is 0 Å². The van der Waals surface area contributed by atoms with E-state index in [0.717, 1.165) is 17.3 Å². The van der Waals surface area contributed by atoms with Crippen LogP contribution in [-0.2, 0) is 4.79 Å². The van der Waals surface area contributed by atoms with Gasteiger partial charge in [-0.15, -0.1) is 0 Å². The van der Waals surface area contributed by atoms with E-state index < -0.39 is 0 Å². The van der Waals surface area contributed by atoms with Crippen LogP contribution in [0, 0.1) is 0 Å². The molecule has 1 amide bonds. The topological polar surface area (TPSA) is 29.1 Å². The molecule has 1 aliphatic rings. The third kappa shape index (κ3) is 2.15. The van der Waals surface area contributed by atoms with Crippen LogP contribution in [0.2, 0.25) is 0 Å². The van der Waals surface area contributed by atoms with Gasteiger partial charge in [-0.05, 0) is 30.5 Å². The first-order valence-electron chi connectivity index (χ1n) is 4.80. The van der Waals surface area contributed by atoms with Gasteiger partial charge in [0.15, 0.2) is 0 Å². The molecule has 0 saturated carbocycles. The molecule has 0 spiro atoms. The largest absolute Gasteiger partial charge is 0.349 e. The summed E-state index contributed by atoms with van der Waals surface area (Å²) in [5.74, 6) is 0.168. The van der Waals surface area contributed by atoms with E-state index in [1.807, 2.05) is 12.1 Å². The van der Waals surface area contributed by atoms with Crippen molar-refractivity contribution < 1.29 is 4.79 Å². The normalized spacial score (nSPS) is 21.8. The number of rotatable bonds is 1. The molecule has 1 N–H and O–H groups in total. The standard InChI is InChI=1S/C11H12BrNO/c12-9-4-1-3-8(7-9)10-5-2-6-11(14)13-10/h1,3-4,7,10H,2,5-6H2,(H,13,14). The highest BCUT2D eigenvalue weighted by Gasteiger charge is 2.19. The third-order valence-electron chi connectivity index (χ3n) is 2.48. The molecule has 1 fully saturated rings. The van der Waals surface area contributed by atoms with Gasteiger partial charge in [0.1, 0.15) is 0 Å². The average molecular weight is 254 g/mol. The van der Waals surface area contributed by atoms with Crippen LogP contribution in [0.15, 0.2) is 28.7 Å². The number of piperidine rings is 1. The van der Waals surface area contributed by atoms with E-state index in [2.05, 4.69) is 33.4 Å². The highest BCUT2D eigenvalue weighted by Crippen LogP contribution is 2.25. The maximum absolute atomic E-state index is 11.2. The van der Waals surface area contributed by atoms with Crippen LogP contribution in [0.5, 0.6) is 0 Å². The van der Waals surface area contributed by atoms with Crippen molar-refractivity contribution in [3.8, 4) is 0 Å². The molecule has 0 aliphatic carbocycles. The van der Waals surface area contributed by atoms with E-state index in [4.69, 9.17) is 0 Å². The van der Waals surface area contributed by atoms with E-state index in [1.165, 1.54) is 5.56 Å². The summed E-state index contributed by atoms with van der Waals surface area (Å²) in [6, 6.07) is 8.32. The van der Waals surface area contributed by atoms with Crippen LogP contribution in [-0.4, -0.2) is 5.91 Å². The Labute approximate surface area is 91.8 Å². The zero-order valence-corrected chi connectivity index (χ0v) is 9.38. The molecule has 1 aromatic carbocycles. The molecule has 0 aromatic heterocycles. The lowest BCUT2D eigenvalue weighted by atomic mass is 9.97. The summed E-state index contributed by atoms with van der Waals surface area (Å²) in [5, 5.41) is 3.00. The van der Waals surface area contributed by atoms with Crippen LogP contribution < -0.4 is 5.32 Å². The quantitative estimate of drug-likeness (QED) is 0.820. The molecule has 1 unspecified atom stereocenters. The summed E-state index contributed by atoms with van der Waals surface area (Å²) in [5.41, 5.74) is 1.19. The lowest BCUT2D eigenvalue weighted by Gasteiger charge is -2.23. The van der Waals surface area contributed by atoms with Crippen LogP contribution in [0.3, 0.4) is 0 Å². The molecule has 3 heteroatoms. The Kier molecular flexibility index (Phi) is 2.87. The Bertz CT molecular complexity index is 351. The predicted molar refractivity (Wildman–Crippen MR) is 58.9 cm³/mol. The van der Waals surface area contributed by atoms with Crippen molar-refractivity contribution in [3.05, 3.63) is 34.3 Å². The smallest absolute Gasteiger partial charge is 0.220 e. The average Bonchev–Trinajstić information content (AvgIpc) is 2.18. The fourth-order valence-electron chi connectivity index (χ4n) is 1.78. The molecule has 0 radical (unpaired) electrons. The molecule has 1 saturated heterocycles. The van der Waals surface area contributed by atoms with Gasteiger partial charge in [0.05, 0.1) is 6.04 Å². The van der Waals surface area contributed by atoms with E-state index in [-0.39, 0.29) is 11.9 Å². The van der Waals surface area contributed by atoms with Gasteiger partial charge in [0.2, 0.25) is 5.91 Å². The number of carbonyl (C=O) groups excluding carboxylic acids is 1. The van der Waals surface area contributed by atoms with Gasteiger partial charge in [-0.3, -0.25) is 4.79 Å². The first-order valence-corrected chi connectivity index (χ1v) is 5.60. The summed E-state index contributed by atoms with van der Waals surface area (Å²) >= 11 is 3.43. The van der Waals surface area contributed by atoms with Crippen LogP contribution >= 0.6 is 15.9 Å². The highest BCUT2D eigenvalue weighted by molar-refractivity contribution is 9.10. The van der Waals surface area contributed by atoms with Crippen molar-refractivity contribution in [3.63, 3.8) is 0 Å². The Morgan fingerprint density at radius 1 is 1.43 bits per heavy atom. The van der Waals surface area contributed by atoms with Gasteiger partial charge < -0.3 is 5.32 Å². The number of carbonyl (C=O) groups is 1. The maximum atomic E-state index is 11.2. The first kappa shape index (κ1) is 9.71. The maximum Gasteiger partial charge on any atom is 0.220 e. The molecule has 0 bridgehead atoms. The Morgan fingerprint density at radius 2 is 2.29 bits per heavy atom. The molecule has 74 valence electrons.